The molecule has 0 atom stereocenters. The van der Waals surface area contributed by atoms with Gasteiger partial charge < -0.3 is 10.1 Å². The van der Waals surface area contributed by atoms with Gasteiger partial charge in [0.1, 0.15) is 5.60 Å². The van der Waals surface area contributed by atoms with Gasteiger partial charge in [-0.05, 0) is 31.9 Å². The Morgan fingerprint density at radius 1 is 0.815 bits per heavy atom. The summed E-state index contributed by atoms with van der Waals surface area (Å²) in [5.41, 5.74) is 2.51. The van der Waals surface area contributed by atoms with Crippen molar-refractivity contribution >= 4 is 17.7 Å². The van der Waals surface area contributed by atoms with Crippen LogP contribution in [0.2, 0.25) is 0 Å². The van der Waals surface area contributed by atoms with E-state index in [0.29, 0.717) is 17.5 Å². The molecule has 1 N–H and O–H groups in total. The highest BCUT2D eigenvalue weighted by Crippen LogP contribution is 2.21. The van der Waals surface area contributed by atoms with Crippen molar-refractivity contribution in [3.05, 3.63) is 59.7 Å². The molecule has 0 unspecified atom stereocenters. The van der Waals surface area contributed by atoms with Gasteiger partial charge in [0.15, 0.2) is 11.6 Å². The third-order valence-electron chi connectivity index (χ3n) is 3.86. The summed E-state index contributed by atoms with van der Waals surface area (Å²) in [5, 5.41) is 2.46. The average molecular weight is 367 g/mol. The normalized spacial score (nSPS) is 11.0. The Kier molecular flexibility index (Phi) is 6.50. The van der Waals surface area contributed by atoms with Gasteiger partial charge in [0.05, 0.1) is 6.54 Å². The number of amides is 1. The van der Waals surface area contributed by atoms with Gasteiger partial charge in [-0.1, -0.05) is 55.5 Å². The van der Waals surface area contributed by atoms with Crippen molar-refractivity contribution in [2.45, 2.75) is 39.7 Å². The molecule has 2 rings (SSSR count). The van der Waals surface area contributed by atoms with Crippen molar-refractivity contribution in [3.8, 4) is 11.1 Å². The first-order chi connectivity index (χ1) is 12.7. The molecule has 5 heteroatoms. The monoisotopic (exact) mass is 367 g/mol. The van der Waals surface area contributed by atoms with Gasteiger partial charge in [-0.3, -0.25) is 9.59 Å². The molecule has 0 aliphatic rings. The number of nitrogens with one attached hydrogen (secondary N) is 1. The number of rotatable bonds is 6. The van der Waals surface area contributed by atoms with Crippen LogP contribution in [-0.4, -0.2) is 29.8 Å². The third kappa shape index (κ3) is 6.06. The van der Waals surface area contributed by atoms with Crippen LogP contribution in [0.3, 0.4) is 0 Å². The SMILES string of the molecule is CCC(=O)c1ccc(-c2ccc(C(=O)CNC(=O)OC(C)(C)C)cc2)cc1. The average Bonchev–Trinajstić information content (AvgIpc) is 2.64. The Labute approximate surface area is 159 Å². The van der Waals surface area contributed by atoms with Crippen LogP contribution in [0.1, 0.15) is 54.8 Å². The predicted molar refractivity (Wildman–Crippen MR) is 105 cm³/mol. The molecule has 0 aromatic heterocycles. The maximum Gasteiger partial charge on any atom is 0.408 e. The van der Waals surface area contributed by atoms with E-state index in [-0.39, 0.29) is 18.1 Å². The van der Waals surface area contributed by atoms with Crippen molar-refractivity contribution in [1.82, 2.24) is 5.32 Å². The Bertz CT molecular complexity index is 815. The van der Waals surface area contributed by atoms with E-state index in [1.54, 1.807) is 32.9 Å². The van der Waals surface area contributed by atoms with Gasteiger partial charge >= 0.3 is 6.09 Å². The van der Waals surface area contributed by atoms with Crippen LogP contribution in [0.4, 0.5) is 4.79 Å². The standard InChI is InChI=1S/C22H25NO4/c1-5-19(24)17-10-6-15(7-11-17)16-8-12-18(13-9-16)20(25)14-23-21(26)27-22(2,3)4/h6-13H,5,14H2,1-4H3,(H,23,26). The van der Waals surface area contributed by atoms with Gasteiger partial charge in [0, 0.05) is 17.5 Å². The van der Waals surface area contributed by atoms with E-state index >= 15 is 0 Å². The van der Waals surface area contributed by atoms with E-state index in [2.05, 4.69) is 5.32 Å². The lowest BCUT2D eigenvalue weighted by Gasteiger charge is -2.19. The Balaban J connectivity index is 1.99. The molecule has 0 fully saturated rings. The Morgan fingerprint density at radius 3 is 1.67 bits per heavy atom. The topological polar surface area (TPSA) is 72.5 Å². The van der Waals surface area contributed by atoms with Crippen LogP contribution in [0.5, 0.6) is 0 Å². The van der Waals surface area contributed by atoms with Crippen molar-refractivity contribution in [3.63, 3.8) is 0 Å². The fraction of sp³-hybridized carbons (Fsp3) is 0.318. The molecule has 1 amide bonds. The smallest absolute Gasteiger partial charge is 0.408 e. The fourth-order valence-electron chi connectivity index (χ4n) is 2.47. The first-order valence-corrected chi connectivity index (χ1v) is 8.93. The summed E-state index contributed by atoms with van der Waals surface area (Å²) in [4.78, 5) is 35.5. The number of hydrogen-bond acceptors (Lipinski definition) is 4. The highest BCUT2D eigenvalue weighted by atomic mass is 16.6. The van der Waals surface area contributed by atoms with Gasteiger partial charge in [-0.25, -0.2) is 4.79 Å². The van der Waals surface area contributed by atoms with E-state index in [1.165, 1.54) is 0 Å². The number of ether oxygens (including phenoxy) is 1. The van der Waals surface area contributed by atoms with Crippen molar-refractivity contribution < 1.29 is 19.1 Å². The summed E-state index contributed by atoms with van der Waals surface area (Å²) in [7, 11) is 0. The van der Waals surface area contributed by atoms with Crippen LogP contribution < -0.4 is 5.32 Å². The van der Waals surface area contributed by atoms with E-state index < -0.39 is 11.7 Å². The largest absolute Gasteiger partial charge is 0.444 e. The summed E-state index contributed by atoms with van der Waals surface area (Å²) < 4.78 is 5.11. The number of carbonyl (C=O) groups excluding carboxylic acids is 3. The van der Waals surface area contributed by atoms with Gasteiger partial charge in [0.25, 0.3) is 0 Å². The first kappa shape index (κ1) is 20.4. The highest BCUT2D eigenvalue weighted by molar-refractivity contribution is 5.99. The van der Waals surface area contributed by atoms with Crippen molar-refractivity contribution in [1.29, 1.82) is 0 Å². The number of alkyl carbamates (subject to hydrolysis) is 1. The summed E-state index contributed by atoms with van der Waals surface area (Å²) in [6.45, 7) is 7.00. The molecule has 0 saturated heterocycles. The molecular weight excluding hydrogens is 342 g/mol. The number of benzene rings is 2. The molecule has 2 aromatic carbocycles. The molecule has 0 bridgehead atoms. The van der Waals surface area contributed by atoms with Crippen LogP contribution >= 0.6 is 0 Å². The summed E-state index contributed by atoms with van der Waals surface area (Å²) in [6.07, 6.45) is -0.137. The zero-order chi connectivity index (χ0) is 20.0. The maximum atomic E-state index is 12.2. The quantitative estimate of drug-likeness (QED) is 0.754. The number of carbonyl (C=O) groups is 3. The van der Waals surface area contributed by atoms with Crippen LogP contribution in [0, 0.1) is 0 Å². The molecule has 0 heterocycles. The number of ketones is 2. The lowest BCUT2D eigenvalue weighted by molar-refractivity contribution is 0.0520. The molecule has 0 aliphatic heterocycles. The van der Waals surface area contributed by atoms with Crippen LogP contribution in [-0.2, 0) is 4.74 Å². The number of hydrogen-bond donors (Lipinski definition) is 1. The lowest BCUT2D eigenvalue weighted by Crippen LogP contribution is -2.35. The molecular formula is C22H25NO4. The lowest BCUT2D eigenvalue weighted by atomic mass is 10.00. The summed E-state index contributed by atoms with van der Waals surface area (Å²) in [5.74, 6) is -0.0868. The Hall–Kier alpha value is -2.95. The summed E-state index contributed by atoms with van der Waals surface area (Å²) >= 11 is 0. The van der Waals surface area contributed by atoms with Gasteiger partial charge in [-0.2, -0.15) is 0 Å². The van der Waals surface area contributed by atoms with Crippen molar-refractivity contribution in [2.75, 3.05) is 6.54 Å². The molecule has 142 valence electrons. The Morgan fingerprint density at radius 2 is 1.26 bits per heavy atom. The molecule has 5 nitrogen and oxygen atoms in total. The maximum absolute atomic E-state index is 12.2. The van der Waals surface area contributed by atoms with Gasteiger partial charge in [-0.15, -0.1) is 0 Å². The molecule has 0 aliphatic carbocycles. The molecule has 0 spiro atoms. The minimum Gasteiger partial charge on any atom is -0.444 e. The van der Waals surface area contributed by atoms with Crippen LogP contribution in [0.25, 0.3) is 11.1 Å². The fourth-order valence-corrected chi connectivity index (χ4v) is 2.47. The van der Waals surface area contributed by atoms with E-state index in [0.717, 1.165) is 11.1 Å². The highest BCUT2D eigenvalue weighted by Gasteiger charge is 2.17. The molecule has 0 saturated carbocycles. The van der Waals surface area contributed by atoms with E-state index in [9.17, 15) is 14.4 Å². The molecule has 27 heavy (non-hydrogen) atoms. The second-order valence-corrected chi connectivity index (χ2v) is 7.21. The second-order valence-electron chi connectivity index (χ2n) is 7.21. The minimum atomic E-state index is -0.616. The first-order valence-electron chi connectivity index (χ1n) is 8.93. The van der Waals surface area contributed by atoms with E-state index in [1.807, 2.05) is 43.3 Å². The number of Topliss-reactive ketones (excluding diaryl/α,β-unsaturated/α-hetero) is 2. The zero-order valence-corrected chi connectivity index (χ0v) is 16.2. The second kappa shape index (κ2) is 8.62. The summed E-state index contributed by atoms with van der Waals surface area (Å²) in [6, 6.07) is 14.5. The van der Waals surface area contributed by atoms with E-state index in [4.69, 9.17) is 4.74 Å². The van der Waals surface area contributed by atoms with Gasteiger partial charge in [0.2, 0.25) is 0 Å². The molecule has 0 radical (unpaired) electrons. The third-order valence-corrected chi connectivity index (χ3v) is 3.86. The predicted octanol–water partition coefficient (Wildman–Crippen LogP) is 4.65. The molecule has 2 aromatic rings. The van der Waals surface area contributed by atoms with Crippen molar-refractivity contribution in [2.24, 2.45) is 0 Å². The van der Waals surface area contributed by atoms with Crippen LogP contribution in [0.15, 0.2) is 48.5 Å². The zero-order valence-electron chi connectivity index (χ0n) is 16.2. The minimum absolute atomic E-state index is 0.111.